The van der Waals surface area contributed by atoms with Crippen molar-refractivity contribution in [2.24, 2.45) is 5.92 Å². The Labute approximate surface area is 120 Å². The van der Waals surface area contributed by atoms with Crippen molar-refractivity contribution in [3.63, 3.8) is 0 Å². The third-order valence-corrected chi connectivity index (χ3v) is 4.18. The first kappa shape index (κ1) is 14.9. The number of hydrogen-bond acceptors (Lipinski definition) is 3. The van der Waals surface area contributed by atoms with E-state index >= 15 is 0 Å². The number of aliphatic hydroxyl groups excluding tert-OH is 1. The fourth-order valence-electron chi connectivity index (χ4n) is 2.39. The number of nitrogens with zero attached hydrogens (tertiary/aromatic N) is 1. The minimum atomic E-state index is -0.423. The highest BCUT2D eigenvalue weighted by molar-refractivity contribution is 5.78. The number of β-amino-alcohol motifs (C(OH)–C–C–N with tert-alkyl or cyclic N) is 1. The van der Waals surface area contributed by atoms with Gasteiger partial charge in [-0.15, -0.1) is 0 Å². The van der Waals surface area contributed by atoms with Crippen molar-refractivity contribution in [3.8, 4) is 5.75 Å². The minimum absolute atomic E-state index is 0.0331. The van der Waals surface area contributed by atoms with Crippen molar-refractivity contribution in [3.05, 3.63) is 29.3 Å². The average Bonchev–Trinajstić information content (AvgIpc) is 2.43. The van der Waals surface area contributed by atoms with Crippen LogP contribution in [0.5, 0.6) is 5.75 Å². The molecule has 2 rings (SSSR count). The van der Waals surface area contributed by atoms with E-state index < -0.39 is 6.10 Å². The summed E-state index contributed by atoms with van der Waals surface area (Å²) in [5.41, 5.74) is 2.21. The number of likely N-dealkylation sites (tertiary alicyclic amines) is 1. The Morgan fingerprint density at radius 2 is 2.20 bits per heavy atom. The fraction of sp³-hybridized carbons (Fsp3) is 0.562. The molecule has 0 saturated carbocycles. The maximum Gasteiger partial charge on any atom is 0.260 e. The lowest BCUT2D eigenvalue weighted by molar-refractivity contribution is -0.137. The van der Waals surface area contributed by atoms with E-state index in [1.807, 2.05) is 39.0 Å². The Hall–Kier alpha value is -1.55. The van der Waals surface area contributed by atoms with Gasteiger partial charge in [0.05, 0.1) is 6.10 Å². The predicted octanol–water partition coefficient (Wildman–Crippen LogP) is 1.91. The van der Waals surface area contributed by atoms with Crippen molar-refractivity contribution < 1.29 is 14.6 Å². The summed E-state index contributed by atoms with van der Waals surface area (Å²) in [6.45, 7) is 7.17. The molecule has 1 aliphatic rings. The van der Waals surface area contributed by atoms with E-state index in [9.17, 15) is 9.90 Å². The smallest absolute Gasteiger partial charge is 0.260 e. The molecule has 1 amide bonds. The molecular formula is C16H23NO3. The minimum Gasteiger partial charge on any atom is -0.483 e. The standard InChI is InChI=1S/C16H23NO3/c1-11-5-4-6-15(13(11)3)20-10-16(19)17-8-7-12(2)14(18)9-17/h4-6,12,14,18H,7-10H2,1-3H3. The number of rotatable bonds is 3. The van der Waals surface area contributed by atoms with Crippen LogP contribution in [0.4, 0.5) is 0 Å². The zero-order chi connectivity index (χ0) is 14.7. The Morgan fingerprint density at radius 3 is 2.90 bits per heavy atom. The molecule has 1 aliphatic heterocycles. The van der Waals surface area contributed by atoms with Crippen LogP contribution in [0.15, 0.2) is 18.2 Å². The first-order valence-corrected chi connectivity index (χ1v) is 7.14. The zero-order valence-electron chi connectivity index (χ0n) is 12.4. The molecular weight excluding hydrogens is 254 g/mol. The molecule has 1 heterocycles. The van der Waals surface area contributed by atoms with Gasteiger partial charge in [-0.3, -0.25) is 4.79 Å². The highest BCUT2D eigenvalue weighted by Gasteiger charge is 2.27. The molecule has 1 N–H and O–H groups in total. The summed E-state index contributed by atoms with van der Waals surface area (Å²) >= 11 is 0. The number of carbonyl (C=O) groups is 1. The molecule has 1 aromatic carbocycles. The van der Waals surface area contributed by atoms with Gasteiger partial charge in [0, 0.05) is 13.1 Å². The van der Waals surface area contributed by atoms with Gasteiger partial charge < -0.3 is 14.7 Å². The maximum absolute atomic E-state index is 12.1. The number of aryl methyl sites for hydroxylation is 1. The van der Waals surface area contributed by atoms with Crippen LogP contribution in [-0.4, -0.2) is 41.7 Å². The van der Waals surface area contributed by atoms with Crippen molar-refractivity contribution in [2.45, 2.75) is 33.3 Å². The first-order valence-electron chi connectivity index (χ1n) is 7.14. The Bertz CT molecular complexity index is 487. The number of ether oxygens (including phenoxy) is 1. The summed E-state index contributed by atoms with van der Waals surface area (Å²) in [4.78, 5) is 13.8. The van der Waals surface area contributed by atoms with Gasteiger partial charge in [-0.1, -0.05) is 19.1 Å². The summed E-state index contributed by atoms with van der Waals surface area (Å²) in [7, 11) is 0. The SMILES string of the molecule is Cc1cccc(OCC(=O)N2CCC(C)C(O)C2)c1C. The Balaban J connectivity index is 1.91. The van der Waals surface area contributed by atoms with Crippen LogP contribution in [0.2, 0.25) is 0 Å². The van der Waals surface area contributed by atoms with E-state index in [1.54, 1.807) is 4.90 Å². The number of carbonyl (C=O) groups excluding carboxylic acids is 1. The Kier molecular flexibility index (Phi) is 4.65. The van der Waals surface area contributed by atoms with Gasteiger partial charge in [-0.25, -0.2) is 0 Å². The summed E-state index contributed by atoms with van der Waals surface area (Å²) in [6.07, 6.45) is 0.421. The molecule has 0 aromatic heterocycles. The van der Waals surface area contributed by atoms with Crippen molar-refractivity contribution in [2.75, 3.05) is 19.7 Å². The summed E-state index contributed by atoms with van der Waals surface area (Å²) in [5, 5.41) is 9.83. The van der Waals surface area contributed by atoms with Crippen LogP contribution in [-0.2, 0) is 4.79 Å². The highest BCUT2D eigenvalue weighted by Crippen LogP contribution is 2.21. The molecule has 4 nitrogen and oxygen atoms in total. The average molecular weight is 277 g/mol. The molecule has 4 heteroatoms. The second-order valence-electron chi connectivity index (χ2n) is 5.66. The number of amides is 1. The van der Waals surface area contributed by atoms with Gasteiger partial charge in [0.25, 0.3) is 5.91 Å². The molecule has 20 heavy (non-hydrogen) atoms. The van der Waals surface area contributed by atoms with Crippen molar-refractivity contribution in [1.29, 1.82) is 0 Å². The van der Waals surface area contributed by atoms with Crippen molar-refractivity contribution >= 4 is 5.91 Å². The topological polar surface area (TPSA) is 49.8 Å². The number of piperidine rings is 1. The molecule has 110 valence electrons. The van der Waals surface area contributed by atoms with Gasteiger partial charge in [-0.2, -0.15) is 0 Å². The van der Waals surface area contributed by atoms with Crippen LogP contribution < -0.4 is 4.74 Å². The Morgan fingerprint density at radius 1 is 1.45 bits per heavy atom. The molecule has 0 aliphatic carbocycles. The molecule has 1 aromatic rings. The van der Waals surface area contributed by atoms with Crippen LogP contribution >= 0.6 is 0 Å². The summed E-state index contributed by atoms with van der Waals surface area (Å²) < 4.78 is 5.62. The second-order valence-corrected chi connectivity index (χ2v) is 5.66. The second kappa shape index (κ2) is 6.27. The van der Waals surface area contributed by atoms with Gasteiger partial charge in [0.15, 0.2) is 6.61 Å². The highest BCUT2D eigenvalue weighted by atomic mass is 16.5. The lowest BCUT2D eigenvalue weighted by atomic mass is 9.96. The van der Waals surface area contributed by atoms with Gasteiger partial charge in [0.1, 0.15) is 5.75 Å². The van der Waals surface area contributed by atoms with E-state index in [1.165, 1.54) is 0 Å². The van der Waals surface area contributed by atoms with E-state index in [2.05, 4.69) is 0 Å². The lowest BCUT2D eigenvalue weighted by Crippen LogP contribution is -2.47. The van der Waals surface area contributed by atoms with E-state index in [4.69, 9.17) is 4.74 Å². The maximum atomic E-state index is 12.1. The monoisotopic (exact) mass is 277 g/mol. The van der Waals surface area contributed by atoms with Gasteiger partial charge in [0.2, 0.25) is 0 Å². The van der Waals surface area contributed by atoms with E-state index in [0.29, 0.717) is 13.1 Å². The first-order chi connectivity index (χ1) is 9.49. The zero-order valence-corrected chi connectivity index (χ0v) is 12.4. The van der Waals surface area contributed by atoms with Crippen LogP contribution in [0.1, 0.15) is 24.5 Å². The van der Waals surface area contributed by atoms with Crippen LogP contribution in [0.3, 0.4) is 0 Å². The molecule has 1 fully saturated rings. The predicted molar refractivity (Wildman–Crippen MR) is 77.8 cm³/mol. The van der Waals surface area contributed by atoms with Crippen molar-refractivity contribution in [1.82, 2.24) is 4.90 Å². The summed E-state index contributed by atoms with van der Waals surface area (Å²) in [6, 6.07) is 5.82. The number of hydrogen-bond donors (Lipinski definition) is 1. The largest absolute Gasteiger partial charge is 0.483 e. The number of benzene rings is 1. The third-order valence-electron chi connectivity index (χ3n) is 4.18. The third kappa shape index (κ3) is 3.31. The number of aliphatic hydroxyl groups is 1. The molecule has 0 spiro atoms. The normalized spacial score (nSPS) is 22.7. The molecule has 2 unspecified atom stereocenters. The fourth-order valence-corrected chi connectivity index (χ4v) is 2.39. The van der Waals surface area contributed by atoms with Gasteiger partial charge in [-0.05, 0) is 43.4 Å². The van der Waals surface area contributed by atoms with E-state index in [0.717, 1.165) is 23.3 Å². The molecule has 0 bridgehead atoms. The molecule has 1 saturated heterocycles. The van der Waals surface area contributed by atoms with E-state index in [-0.39, 0.29) is 18.4 Å². The quantitative estimate of drug-likeness (QED) is 0.918. The summed E-state index contributed by atoms with van der Waals surface area (Å²) in [5.74, 6) is 0.958. The lowest BCUT2D eigenvalue weighted by Gasteiger charge is -2.34. The van der Waals surface area contributed by atoms with Crippen LogP contribution in [0.25, 0.3) is 0 Å². The van der Waals surface area contributed by atoms with Gasteiger partial charge >= 0.3 is 0 Å². The van der Waals surface area contributed by atoms with Crippen LogP contribution in [0, 0.1) is 19.8 Å². The molecule has 2 atom stereocenters. The molecule has 0 radical (unpaired) electrons.